The van der Waals surface area contributed by atoms with Crippen LogP contribution in [0, 0.1) is 0 Å². The summed E-state index contributed by atoms with van der Waals surface area (Å²) >= 11 is 0. The highest BCUT2D eigenvalue weighted by atomic mass is 16.5. The Morgan fingerprint density at radius 3 is 2.00 bits per heavy atom. The second-order valence-electron chi connectivity index (χ2n) is 6.87. The third-order valence-corrected chi connectivity index (χ3v) is 4.75. The van der Waals surface area contributed by atoms with E-state index in [1.54, 1.807) is 12.4 Å². The van der Waals surface area contributed by atoms with Crippen molar-refractivity contribution in [3.8, 4) is 23.0 Å². The average Bonchev–Trinajstić information content (AvgIpc) is 2.88. The van der Waals surface area contributed by atoms with Crippen molar-refractivity contribution in [2.45, 2.75) is 0 Å². The van der Waals surface area contributed by atoms with Gasteiger partial charge in [-0.05, 0) is 30.3 Å². The van der Waals surface area contributed by atoms with Crippen LogP contribution in [-0.4, -0.2) is 38.8 Å². The maximum absolute atomic E-state index is 5.96. The summed E-state index contributed by atoms with van der Waals surface area (Å²) in [6, 6.07) is 21.4. The van der Waals surface area contributed by atoms with E-state index < -0.39 is 0 Å². The van der Waals surface area contributed by atoms with Crippen molar-refractivity contribution in [1.29, 1.82) is 0 Å². The molecule has 0 spiro atoms. The average molecular weight is 428 g/mol. The van der Waals surface area contributed by atoms with Crippen LogP contribution in [0.2, 0.25) is 0 Å². The summed E-state index contributed by atoms with van der Waals surface area (Å²) < 4.78 is 23.5. The lowest BCUT2D eigenvalue weighted by Gasteiger charge is -2.15. The number of rotatable bonds is 0. The fourth-order valence-electron chi connectivity index (χ4n) is 3.25. The molecule has 8 heteroatoms. The van der Waals surface area contributed by atoms with Gasteiger partial charge in [-0.15, -0.1) is 0 Å². The van der Waals surface area contributed by atoms with Crippen LogP contribution in [0.15, 0.2) is 75.6 Å². The van der Waals surface area contributed by atoms with Crippen molar-refractivity contribution in [3.63, 3.8) is 0 Å². The summed E-state index contributed by atoms with van der Waals surface area (Å²) in [6.07, 6.45) is 1.59. The molecule has 3 aromatic rings. The van der Waals surface area contributed by atoms with Crippen molar-refractivity contribution in [1.82, 2.24) is 0 Å². The van der Waals surface area contributed by atoms with Crippen molar-refractivity contribution in [3.05, 3.63) is 60.7 Å². The molecule has 0 aromatic heterocycles. The maximum Gasteiger partial charge on any atom is 0.149 e. The summed E-state index contributed by atoms with van der Waals surface area (Å²) in [5.41, 5.74) is 2.63. The zero-order valence-electron chi connectivity index (χ0n) is 17.2. The number of hydrogen-bond acceptors (Lipinski definition) is 8. The Morgan fingerprint density at radius 1 is 0.625 bits per heavy atom. The SMILES string of the molecule is C1=Nc2ccccc2OCCOc2cc3c(cc2N=1)NC=Nc1ccccc1OCCO3. The van der Waals surface area contributed by atoms with Gasteiger partial charge in [0, 0.05) is 6.07 Å². The number of benzene rings is 3. The summed E-state index contributed by atoms with van der Waals surface area (Å²) in [5.74, 6) is 2.48. The van der Waals surface area contributed by atoms with Gasteiger partial charge in [-0.1, -0.05) is 24.3 Å². The van der Waals surface area contributed by atoms with Gasteiger partial charge >= 0.3 is 0 Å². The molecule has 2 aliphatic rings. The number of anilines is 1. The fourth-order valence-corrected chi connectivity index (χ4v) is 3.25. The largest absolute Gasteiger partial charge is 0.488 e. The molecule has 1 N–H and O–H groups in total. The first-order valence-electron chi connectivity index (χ1n) is 10.2. The van der Waals surface area contributed by atoms with E-state index in [4.69, 9.17) is 18.9 Å². The highest BCUT2D eigenvalue weighted by Gasteiger charge is 2.14. The number of nitrogens with zero attached hydrogens (tertiary/aromatic N) is 3. The Labute approximate surface area is 184 Å². The predicted octanol–water partition coefficient (Wildman–Crippen LogP) is 5.14. The molecule has 2 heterocycles. The minimum atomic E-state index is 0.336. The van der Waals surface area contributed by atoms with Gasteiger partial charge in [0.25, 0.3) is 0 Å². The standard InChI is InChI=1S/C24H20N4O4/c1-3-7-21-17(5-1)25-15-27-19-13-20-24(14-23(19)31-11-9-29-21)32-12-10-30-22-8-4-2-6-18(22)26-16-28-20/h1-8,13-15H,9-12H2,(H,25,27). The van der Waals surface area contributed by atoms with E-state index in [0.717, 1.165) is 5.69 Å². The zero-order valence-corrected chi connectivity index (χ0v) is 17.2. The van der Waals surface area contributed by atoms with Gasteiger partial charge in [0.15, 0.2) is 0 Å². The molecule has 2 aliphatic heterocycles. The van der Waals surface area contributed by atoms with Crippen LogP contribution in [0.4, 0.5) is 22.7 Å². The summed E-state index contributed by atoms with van der Waals surface area (Å²) in [6.45, 7) is 1.43. The molecule has 8 nitrogen and oxygen atoms in total. The number of ether oxygens (including phenoxy) is 4. The molecule has 0 saturated heterocycles. The number of hydrogen-bond donors (Lipinski definition) is 1. The molecule has 0 amide bonds. The smallest absolute Gasteiger partial charge is 0.149 e. The number of aliphatic imine (C=N–C) groups is 3. The first-order valence-corrected chi connectivity index (χ1v) is 10.2. The van der Waals surface area contributed by atoms with Crippen LogP contribution < -0.4 is 24.3 Å². The molecule has 0 unspecified atom stereocenters. The highest BCUT2D eigenvalue weighted by molar-refractivity contribution is 5.84. The normalized spacial score (nSPS) is 14.8. The lowest BCUT2D eigenvalue weighted by molar-refractivity contribution is 0.211. The summed E-state index contributed by atoms with van der Waals surface area (Å²) in [5, 5.41) is 3.17. The first kappa shape index (κ1) is 19.7. The molecule has 0 saturated carbocycles. The maximum atomic E-state index is 5.96. The molecule has 0 fully saturated rings. The van der Waals surface area contributed by atoms with E-state index in [1.807, 2.05) is 54.6 Å². The Balaban J connectivity index is 1.51. The molecule has 32 heavy (non-hydrogen) atoms. The Morgan fingerprint density at radius 2 is 1.22 bits per heavy atom. The van der Waals surface area contributed by atoms with Crippen LogP contribution in [0.3, 0.4) is 0 Å². The quantitative estimate of drug-likeness (QED) is 0.536. The molecule has 3 aromatic carbocycles. The van der Waals surface area contributed by atoms with E-state index in [9.17, 15) is 0 Å². The number of nitrogens with one attached hydrogen (secondary N) is 1. The van der Waals surface area contributed by atoms with Gasteiger partial charge in [-0.3, -0.25) is 0 Å². The van der Waals surface area contributed by atoms with E-state index >= 15 is 0 Å². The Kier molecular flexibility index (Phi) is 5.68. The Bertz CT molecular complexity index is 1220. The van der Waals surface area contributed by atoms with Gasteiger partial charge in [-0.2, -0.15) is 9.98 Å². The van der Waals surface area contributed by atoms with E-state index in [-0.39, 0.29) is 0 Å². The van der Waals surface area contributed by atoms with Crippen molar-refractivity contribution < 1.29 is 18.9 Å². The third kappa shape index (κ3) is 4.40. The lowest BCUT2D eigenvalue weighted by atomic mass is 10.2. The Hall–Kier alpha value is -4.29. The van der Waals surface area contributed by atoms with Crippen LogP contribution >= 0.6 is 0 Å². The van der Waals surface area contributed by atoms with Gasteiger partial charge in [-0.25, -0.2) is 4.99 Å². The van der Waals surface area contributed by atoms with E-state index in [0.29, 0.717) is 66.5 Å². The minimum absolute atomic E-state index is 0.336. The van der Waals surface area contributed by atoms with E-state index in [2.05, 4.69) is 26.3 Å². The zero-order chi connectivity index (χ0) is 21.6. The monoisotopic (exact) mass is 428 g/mol. The van der Waals surface area contributed by atoms with Gasteiger partial charge in [0.05, 0.1) is 12.0 Å². The minimum Gasteiger partial charge on any atom is -0.488 e. The third-order valence-electron chi connectivity index (χ3n) is 4.75. The number of para-hydroxylation sites is 4. The molecular formula is C24H20N4O4. The molecular weight excluding hydrogens is 408 g/mol. The molecule has 0 atom stereocenters. The van der Waals surface area contributed by atoms with E-state index in [1.165, 1.54) is 0 Å². The second-order valence-corrected chi connectivity index (χ2v) is 6.87. The fraction of sp³-hybridized carbons (Fsp3) is 0.167. The number of fused-ring (bicyclic) bond motifs is 4. The summed E-state index contributed by atoms with van der Waals surface area (Å²) in [4.78, 5) is 13.2. The van der Waals surface area contributed by atoms with Crippen molar-refractivity contribution in [2.75, 3.05) is 31.7 Å². The molecule has 0 radical (unpaired) electrons. The first-order chi connectivity index (χ1) is 15.9. The molecule has 5 rings (SSSR count). The molecule has 0 bridgehead atoms. The lowest BCUT2D eigenvalue weighted by Crippen LogP contribution is -2.11. The van der Waals surface area contributed by atoms with Crippen molar-refractivity contribution in [2.24, 2.45) is 15.0 Å². The molecule has 160 valence electrons. The molecule has 0 aliphatic carbocycles. The second kappa shape index (κ2) is 9.24. The van der Waals surface area contributed by atoms with Gasteiger partial charge in [0.1, 0.15) is 72.5 Å². The van der Waals surface area contributed by atoms with Crippen LogP contribution in [0.1, 0.15) is 0 Å². The van der Waals surface area contributed by atoms with Gasteiger partial charge in [0.2, 0.25) is 0 Å². The topological polar surface area (TPSA) is 86.0 Å². The van der Waals surface area contributed by atoms with Crippen LogP contribution in [0.5, 0.6) is 23.0 Å². The highest BCUT2D eigenvalue weighted by Crippen LogP contribution is 2.39. The summed E-state index contributed by atoms with van der Waals surface area (Å²) in [7, 11) is 0. The van der Waals surface area contributed by atoms with Crippen LogP contribution in [0.25, 0.3) is 0 Å². The van der Waals surface area contributed by atoms with Crippen LogP contribution in [-0.2, 0) is 0 Å². The van der Waals surface area contributed by atoms with Crippen molar-refractivity contribution >= 4 is 35.1 Å². The predicted molar refractivity (Wildman–Crippen MR) is 122 cm³/mol. The van der Waals surface area contributed by atoms with Gasteiger partial charge < -0.3 is 24.3 Å².